The number of carboxylic acid groups (broad SMARTS) is 1. The molecule has 0 aliphatic heterocycles. The summed E-state index contributed by atoms with van der Waals surface area (Å²) in [6.45, 7) is 3.39. The van der Waals surface area contributed by atoms with Crippen LogP contribution in [0, 0.1) is 0 Å². The second-order valence-corrected chi connectivity index (χ2v) is 7.27. The van der Waals surface area contributed by atoms with Crippen LogP contribution < -0.4 is 15.4 Å². The minimum atomic E-state index is -4.19. The van der Waals surface area contributed by atoms with Gasteiger partial charge < -0.3 is 15.7 Å². The lowest BCUT2D eigenvalue weighted by atomic mass is 10.2. The number of carbonyl (C=O) groups excluding carboxylic acids is 1. The third kappa shape index (κ3) is 4.93. The summed E-state index contributed by atoms with van der Waals surface area (Å²) in [5, 5.41) is 14.3. The average Bonchev–Trinajstić information content (AvgIpc) is 2.54. The van der Waals surface area contributed by atoms with Crippen molar-refractivity contribution in [3.63, 3.8) is 0 Å². The van der Waals surface area contributed by atoms with Gasteiger partial charge in [0.2, 0.25) is 0 Å². The zero-order valence-electron chi connectivity index (χ0n) is 14.1. The summed E-state index contributed by atoms with van der Waals surface area (Å²) >= 11 is 0. The maximum Gasteiger partial charge on any atom is 0.335 e. The summed E-state index contributed by atoms with van der Waals surface area (Å²) in [5.74, 6) is -1.11. The summed E-state index contributed by atoms with van der Waals surface area (Å²) in [7, 11) is -4.19. The molecule has 2 rings (SSSR count). The van der Waals surface area contributed by atoms with Crippen LogP contribution in [0.5, 0.6) is 0 Å². The van der Waals surface area contributed by atoms with Gasteiger partial charge in [-0.1, -0.05) is 6.07 Å². The van der Waals surface area contributed by atoms with E-state index >= 15 is 0 Å². The smallest absolute Gasteiger partial charge is 0.335 e. The number of nitrogens with one attached hydrogen (secondary N) is 3. The molecule has 0 aliphatic rings. The van der Waals surface area contributed by atoms with E-state index in [-0.39, 0.29) is 22.2 Å². The number of pyridine rings is 1. The molecular weight excluding hydrogens is 360 g/mol. The highest BCUT2D eigenvalue weighted by Gasteiger charge is 2.22. The molecule has 0 bridgehead atoms. The van der Waals surface area contributed by atoms with Crippen molar-refractivity contribution in [3.8, 4) is 0 Å². The number of benzene rings is 1. The highest BCUT2D eigenvalue weighted by Crippen LogP contribution is 2.24. The lowest BCUT2D eigenvalue weighted by molar-refractivity contribution is 0.0697. The molecule has 26 heavy (non-hydrogen) atoms. The van der Waals surface area contributed by atoms with Crippen LogP contribution in [-0.2, 0) is 10.0 Å². The normalized spacial score (nSPS) is 11.0. The van der Waals surface area contributed by atoms with Crippen molar-refractivity contribution in [1.29, 1.82) is 0 Å². The van der Waals surface area contributed by atoms with E-state index < -0.39 is 22.0 Å². The van der Waals surface area contributed by atoms with Gasteiger partial charge in [-0.2, -0.15) is 0 Å². The number of rotatable bonds is 6. The fraction of sp³-hybridized carbons (Fsp3) is 0.188. The number of aromatic carboxylic acids is 1. The van der Waals surface area contributed by atoms with Crippen molar-refractivity contribution in [3.05, 3.63) is 48.3 Å². The van der Waals surface area contributed by atoms with Crippen LogP contribution in [0.1, 0.15) is 24.2 Å². The first-order valence-electron chi connectivity index (χ1n) is 7.57. The van der Waals surface area contributed by atoms with E-state index in [1.165, 1.54) is 30.5 Å². The molecule has 1 aromatic carbocycles. The molecule has 4 N–H and O–H groups in total. The topological polar surface area (TPSA) is 137 Å². The van der Waals surface area contributed by atoms with E-state index in [0.29, 0.717) is 5.69 Å². The van der Waals surface area contributed by atoms with Crippen LogP contribution in [-0.4, -0.2) is 36.6 Å². The van der Waals surface area contributed by atoms with Gasteiger partial charge in [0.05, 0.1) is 11.3 Å². The number of carboxylic acids is 1. The highest BCUT2D eigenvalue weighted by atomic mass is 32.2. The fourth-order valence-electron chi connectivity index (χ4n) is 2.05. The summed E-state index contributed by atoms with van der Waals surface area (Å²) in [6, 6.07) is 6.19. The Bertz CT molecular complexity index is 928. The molecule has 0 atom stereocenters. The standard InChI is InChI=1S/C16H18N4O5S/c1-10(2)18-16(23)20-26(24,25)14-9-17-7-6-13(14)19-12-5-3-4-11(8-12)15(21)22/h3-10H,1-2H3,(H,17,19)(H,21,22)(H2,18,20,23). The van der Waals surface area contributed by atoms with Crippen LogP contribution in [0.2, 0.25) is 0 Å². The minimum Gasteiger partial charge on any atom is -0.478 e. The van der Waals surface area contributed by atoms with Crippen LogP contribution in [0.3, 0.4) is 0 Å². The summed E-state index contributed by atoms with van der Waals surface area (Å²) in [5.41, 5.74) is 0.564. The third-order valence-corrected chi connectivity index (χ3v) is 4.47. The molecule has 0 aliphatic carbocycles. The van der Waals surface area contributed by atoms with Gasteiger partial charge in [-0.25, -0.2) is 22.7 Å². The molecule has 0 saturated heterocycles. The Kier molecular flexibility index (Phi) is 5.78. The van der Waals surface area contributed by atoms with E-state index in [1.807, 2.05) is 4.72 Å². The van der Waals surface area contributed by atoms with Gasteiger partial charge in [-0.3, -0.25) is 4.98 Å². The second-order valence-electron chi connectivity index (χ2n) is 5.62. The Morgan fingerprint density at radius 2 is 1.92 bits per heavy atom. The summed E-state index contributed by atoms with van der Waals surface area (Å²) in [6.07, 6.45) is 2.46. The molecule has 0 saturated carbocycles. The maximum absolute atomic E-state index is 12.5. The van der Waals surface area contributed by atoms with Crippen LogP contribution in [0.15, 0.2) is 47.6 Å². The number of amides is 2. The van der Waals surface area contributed by atoms with Gasteiger partial charge in [-0.05, 0) is 38.1 Å². The van der Waals surface area contributed by atoms with Crippen molar-refractivity contribution in [2.75, 3.05) is 5.32 Å². The minimum absolute atomic E-state index is 0.0444. The summed E-state index contributed by atoms with van der Waals surface area (Å²) < 4.78 is 26.8. The fourth-order valence-corrected chi connectivity index (χ4v) is 3.07. The van der Waals surface area contributed by atoms with E-state index in [0.717, 1.165) is 6.20 Å². The Labute approximate surface area is 150 Å². The molecular formula is C16H18N4O5S. The number of carbonyl (C=O) groups is 2. The molecule has 9 nitrogen and oxygen atoms in total. The maximum atomic E-state index is 12.5. The average molecular weight is 378 g/mol. The van der Waals surface area contributed by atoms with Crippen molar-refractivity contribution in [1.82, 2.24) is 15.0 Å². The number of anilines is 2. The number of urea groups is 1. The molecule has 0 spiro atoms. The van der Waals surface area contributed by atoms with Gasteiger partial charge in [0.15, 0.2) is 0 Å². The zero-order valence-corrected chi connectivity index (χ0v) is 14.9. The first kappa shape index (κ1) is 19.2. The second kappa shape index (κ2) is 7.83. The predicted molar refractivity (Wildman–Crippen MR) is 94.9 cm³/mol. The predicted octanol–water partition coefficient (Wildman–Crippen LogP) is 1.92. The lowest BCUT2D eigenvalue weighted by Gasteiger charge is -2.14. The molecule has 0 unspecified atom stereocenters. The molecule has 0 fully saturated rings. The molecule has 1 heterocycles. The highest BCUT2D eigenvalue weighted by molar-refractivity contribution is 7.90. The van der Waals surface area contributed by atoms with Crippen LogP contribution in [0.4, 0.5) is 16.2 Å². The molecule has 2 aromatic rings. The van der Waals surface area contributed by atoms with E-state index in [2.05, 4.69) is 15.6 Å². The van der Waals surface area contributed by atoms with Crippen molar-refractivity contribution >= 4 is 33.4 Å². The molecule has 10 heteroatoms. The number of hydrogen-bond donors (Lipinski definition) is 4. The monoisotopic (exact) mass is 378 g/mol. The van der Waals surface area contributed by atoms with Crippen LogP contribution >= 0.6 is 0 Å². The number of nitrogens with zero attached hydrogens (tertiary/aromatic N) is 1. The number of sulfonamides is 1. The van der Waals surface area contributed by atoms with Gasteiger partial charge in [0.25, 0.3) is 10.0 Å². The van der Waals surface area contributed by atoms with Crippen molar-refractivity contribution in [2.45, 2.75) is 24.8 Å². The van der Waals surface area contributed by atoms with E-state index in [4.69, 9.17) is 5.11 Å². The zero-order chi connectivity index (χ0) is 19.3. The Morgan fingerprint density at radius 1 is 1.19 bits per heavy atom. The van der Waals surface area contributed by atoms with Gasteiger partial charge in [0, 0.05) is 24.1 Å². The van der Waals surface area contributed by atoms with Crippen molar-refractivity contribution < 1.29 is 23.1 Å². The number of hydrogen-bond acceptors (Lipinski definition) is 6. The quantitative estimate of drug-likeness (QED) is 0.602. The van der Waals surface area contributed by atoms with E-state index in [1.54, 1.807) is 19.9 Å². The number of aromatic nitrogens is 1. The Hall–Kier alpha value is -3.14. The first-order valence-corrected chi connectivity index (χ1v) is 9.05. The first-order chi connectivity index (χ1) is 12.2. The molecule has 0 radical (unpaired) electrons. The molecule has 1 aromatic heterocycles. The summed E-state index contributed by atoms with van der Waals surface area (Å²) in [4.78, 5) is 26.3. The molecule has 138 valence electrons. The largest absolute Gasteiger partial charge is 0.478 e. The molecule has 2 amide bonds. The Balaban J connectivity index is 2.31. The van der Waals surface area contributed by atoms with Crippen molar-refractivity contribution in [2.24, 2.45) is 0 Å². The van der Waals surface area contributed by atoms with Gasteiger partial charge in [0.1, 0.15) is 4.90 Å². The Morgan fingerprint density at radius 3 is 2.58 bits per heavy atom. The van der Waals surface area contributed by atoms with Gasteiger partial charge in [-0.15, -0.1) is 0 Å². The van der Waals surface area contributed by atoms with Crippen LogP contribution in [0.25, 0.3) is 0 Å². The lowest BCUT2D eigenvalue weighted by Crippen LogP contribution is -2.42. The van der Waals surface area contributed by atoms with Gasteiger partial charge >= 0.3 is 12.0 Å². The third-order valence-electron chi connectivity index (χ3n) is 3.11. The SMILES string of the molecule is CC(C)NC(=O)NS(=O)(=O)c1cnccc1Nc1cccc(C(=O)O)c1. The van der Waals surface area contributed by atoms with E-state index in [9.17, 15) is 18.0 Å².